The van der Waals surface area contributed by atoms with E-state index < -0.39 is 22.6 Å². The van der Waals surface area contributed by atoms with E-state index in [1.807, 2.05) is 13.0 Å². The molecule has 0 aliphatic heterocycles. The van der Waals surface area contributed by atoms with E-state index in [1.165, 1.54) is 41.7 Å². The molecule has 0 atom stereocenters. The Morgan fingerprint density at radius 2 is 2.04 bits per heavy atom. The van der Waals surface area contributed by atoms with Crippen molar-refractivity contribution >= 4 is 33.1 Å². The van der Waals surface area contributed by atoms with E-state index in [4.69, 9.17) is 4.74 Å². The lowest BCUT2D eigenvalue weighted by molar-refractivity contribution is 0.0475. The number of Topliss-reactive ketones (excluding diaryl/α,β-unsaturated/α-hetero) is 1. The highest BCUT2D eigenvalue weighted by Crippen LogP contribution is 2.16. The van der Waals surface area contributed by atoms with E-state index in [9.17, 15) is 18.0 Å². The molecule has 0 amide bonds. The van der Waals surface area contributed by atoms with Crippen LogP contribution >= 0.6 is 11.3 Å². The van der Waals surface area contributed by atoms with Crippen molar-refractivity contribution in [2.45, 2.75) is 11.8 Å². The first-order chi connectivity index (χ1) is 11.8. The molecule has 132 valence electrons. The van der Waals surface area contributed by atoms with Crippen LogP contribution in [0.4, 0.5) is 0 Å². The Bertz CT molecular complexity index is 899. The predicted octanol–water partition coefficient (Wildman–Crippen LogP) is 2.56. The van der Waals surface area contributed by atoms with Crippen LogP contribution in [0.2, 0.25) is 0 Å². The summed E-state index contributed by atoms with van der Waals surface area (Å²) in [4.78, 5) is 25.5. The molecule has 0 saturated heterocycles. The zero-order valence-electron chi connectivity index (χ0n) is 13.5. The molecule has 0 spiro atoms. The van der Waals surface area contributed by atoms with E-state index >= 15 is 0 Å². The fraction of sp³-hybridized carbons (Fsp3) is 0.176. The molecule has 0 fully saturated rings. The largest absolute Gasteiger partial charge is 0.454 e. The Kier molecular flexibility index (Phi) is 6.24. The lowest BCUT2D eigenvalue weighted by Gasteiger charge is -2.07. The Morgan fingerprint density at radius 1 is 1.28 bits per heavy atom. The molecule has 0 aliphatic rings. The highest BCUT2D eigenvalue weighted by molar-refractivity contribution is 7.89. The number of ether oxygens (including phenoxy) is 1. The SMILES string of the molecule is C=CCNS(=O)(=O)c1cccc(C(=O)OCC(=O)c2ccc(C)s2)c1. The predicted molar refractivity (Wildman–Crippen MR) is 95.5 cm³/mol. The topological polar surface area (TPSA) is 89.5 Å². The maximum atomic E-state index is 12.1. The number of hydrogen-bond donors (Lipinski definition) is 1. The molecule has 2 aromatic rings. The summed E-state index contributed by atoms with van der Waals surface area (Å²) in [5.41, 5.74) is 0.0524. The van der Waals surface area contributed by atoms with E-state index in [0.29, 0.717) is 4.88 Å². The number of rotatable bonds is 8. The van der Waals surface area contributed by atoms with Crippen LogP contribution in [0.15, 0.2) is 53.9 Å². The molecular formula is C17H17NO5S2. The average Bonchev–Trinajstić information content (AvgIpc) is 3.04. The van der Waals surface area contributed by atoms with E-state index in [-0.39, 0.29) is 22.8 Å². The van der Waals surface area contributed by atoms with Gasteiger partial charge in [-0.1, -0.05) is 12.1 Å². The summed E-state index contributed by atoms with van der Waals surface area (Å²) in [6, 6.07) is 8.91. The molecule has 1 N–H and O–H groups in total. The van der Waals surface area contributed by atoms with Gasteiger partial charge in [0.15, 0.2) is 6.61 Å². The summed E-state index contributed by atoms with van der Waals surface area (Å²) < 4.78 is 31.4. The molecule has 25 heavy (non-hydrogen) atoms. The Balaban J connectivity index is 2.06. The molecule has 0 aliphatic carbocycles. The van der Waals surface area contributed by atoms with Gasteiger partial charge in [0.25, 0.3) is 0 Å². The van der Waals surface area contributed by atoms with Gasteiger partial charge in [-0.25, -0.2) is 17.9 Å². The quantitative estimate of drug-likeness (QED) is 0.432. The summed E-state index contributed by atoms with van der Waals surface area (Å²) in [6.07, 6.45) is 1.41. The molecule has 6 nitrogen and oxygen atoms in total. The Labute approximate surface area is 150 Å². The van der Waals surface area contributed by atoms with Gasteiger partial charge in [-0.2, -0.15) is 0 Å². The third kappa shape index (κ3) is 5.09. The molecule has 0 saturated carbocycles. The third-order valence-corrected chi connectivity index (χ3v) is 5.61. The number of benzene rings is 1. The van der Waals surface area contributed by atoms with Crippen LogP contribution in [-0.4, -0.2) is 33.3 Å². The number of sulfonamides is 1. The van der Waals surface area contributed by atoms with Crippen LogP contribution in [0.25, 0.3) is 0 Å². The second kappa shape index (κ2) is 8.19. The highest BCUT2D eigenvalue weighted by atomic mass is 32.2. The molecule has 0 radical (unpaired) electrons. The standard InChI is InChI=1S/C17H17NO5S2/c1-3-9-18-25(21,22)14-6-4-5-13(10-14)17(20)23-11-15(19)16-8-7-12(2)24-16/h3-8,10,18H,1,9,11H2,2H3. The maximum absolute atomic E-state index is 12.1. The van der Waals surface area contributed by atoms with Gasteiger partial charge in [0.05, 0.1) is 15.3 Å². The van der Waals surface area contributed by atoms with Gasteiger partial charge in [0, 0.05) is 11.4 Å². The van der Waals surface area contributed by atoms with Crippen LogP contribution in [0.3, 0.4) is 0 Å². The molecular weight excluding hydrogens is 362 g/mol. The van der Waals surface area contributed by atoms with Crippen molar-refractivity contribution in [1.82, 2.24) is 4.72 Å². The second-order valence-electron chi connectivity index (χ2n) is 5.08. The van der Waals surface area contributed by atoms with Gasteiger partial charge in [-0.3, -0.25) is 4.79 Å². The highest BCUT2D eigenvalue weighted by Gasteiger charge is 2.17. The molecule has 0 bridgehead atoms. The molecule has 1 heterocycles. The molecule has 1 aromatic heterocycles. The minimum absolute atomic E-state index is 0.0524. The van der Waals surface area contributed by atoms with E-state index in [1.54, 1.807) is 6.07 Å². The first-order valence-corrected chi connectivity index (χ1v) is 9.61. The van der Waals surface area contributed by atoms with E-state index in [0.717, 1.165) is 4.88 Å². The molecule has 2 rings (SSSR count). The van der Waals surface area contributed by atoms with Crippen LogP contribution in [-0.2, 0) is 14.8 Å². The van der Waals surface area contributed by atoms with Gasteiger partial charge >= 0.3 is 5.97 Å². The Morgan fingerprint density at radius 3 is 2.68 bits per heavy atom. The fourth-order valence-corrected chi connectivity index (χ4v) is 3.75. The van der Waals surface area contributed by atoms with Crippen LogP contribution in [0, 0.1) is 6.92 Å². The molecule has 8 heteroatoms. The van der Waals surface area contributed by atoms with Gasteiger partial charge in [-0.05, 0) is 37.3 Å². The van der Waals surface area contributed by atoms with Crippen molar-refractivity contribution in [1.29, 1.82) is 0 Å². The molecule has 1 aromatic carbocycles. The van der Waals surface area contributed by atoms with Crippen molar-refractivity contribution in [2.75, 3.05) is 13.2 Å². The van der Waals surface area contributed by atoms with E-state index in [2.05, 4.69) is 11.3 Å². The normalized spacial score (nSPS) is 11.1. The van der Waals surface area contributed by atoms with Crippen molar-refractivity contribution in [3.8, 4) is 0 Å². The number of nitrogens with one attached hydrogen (secondary N) is 1. The Hall–Kier alpha value is -2.29. The molecule has 0 unspecified atom stereocenters. The average molecular weight is 379 g/mol. The third-order valence-electron chi connectivity index (χ3n) is 3.15. The van der Waals surface area contributed by atoms with Crippen LogP contribution < -0.4 is 4.72 Å². The zero-order chi connectivity index (χ0) is 18.4. The zero-order valence-corrected chi connectivity index (χ0v) is 15.2. The number of esters is 1. The number of carbonyl (C=O) groups excluding carboxylic acids is 2. The summed E-state index contributed by atoms with van der Waals surface area (Å²) in [7, 11) is -3.74. The van der Waals surface area contributed by atoms with Crippen molar-refractivity contribution in [3.05, 3.63) is 64.4 Å². The van der Waals surface area contributed by atoms with Gasteiger partial charge in [0.1, 0.15) is 0 Å². The maximum Gasteiger partial charge on any atom is 0.338 e. The number of aryl methyl sites for hydroxylation is 1. The minimum Gasteiger partial charge on any atom is -0.454 e. The number of carbonyl (C=O) groups is 2. The smallest absolute Gasteiger partial charge is 0.338 e. The first kappa shape index (κ1) is 19.0. The van der Waals surface area contributed by atoms with Gasteiger partial charge < -0.3 is 4.74 Å². The lowest BCUT2D eigenvalue weighted by Crippen LogP contribution is -2.24. The fourth-order valence-electron chi connectivity index (χ4n) is 1.91. The lowest BCUT2D eigenvalue weighted by atomic mass is 10.2. The number of thiophene rings is 1. The van der Waals surface area contributed by atoms with Crippen molar-refractivity contribution in [2.24, 2.45) is 0 Å². The minimum atomic E-state index is -3.74. The van der Waals surface area contributed by atoms with Crippen LogP contribution in [0.1, 0.15) is 24.9 Å². The summed E-state index contributed by atoms with van der Waals surface area (Å²) in [6.45, 7) is 4.99. The monoisotopic (exact) mass is 379 g/mol. The summed E-state index contributed by atoms with van der Waals surface area (Å²) in [5, 5.41) is 0. The summed E-state index contributed by atoms with van der Waals surface area (Å²) in [5.74, 6) is -1.06. The van der Waals surface area contributed by atoms with Crippen molar-refractivity contribution in [3.63, 3.8) is 0 Å². The van der Waals surface area contributed by atoms with Gasteiger partial charge in [-0.15, -0.1) is 17.9 Å². The number of hydrogen-bond acceptors (Lipinski definition) is 6. The first-order valence-electron chi connectivity index (χ1n) is 7.31. The van der Waals surface area contributed by atoms with Crippen LogP contribution in [0.5, 0.6) is 0 Å². The van der Waals surface area contributed by atoms with Gasteiger partial charge in [0.2, 0.25) is 15.8 Å². The number of ketones is 1. The second-order valence-corrected chi connectivity index (χ2v) is 8.13. The van der Waals surface area contributed by atoms with Crippen molar-refractivity contribution < 1.29 is 22.7 Å². The summed E-state index contributed by atoms with van der Waals surface area (Å²) >= 11 is 1.32.